The van der Waals surface area contributed by atoms with Gasteiger partial charge < -0.3 is 11.1 Å². The smallest absolute Gasteiger partial charge is 0.239 e. The minimum atomic E-state index is -0.201. The number of halogens is 1. The summed E-state index contributed by atoms with van der Waals surface area (Å²) in [6.07, 6.45) is 0.837. The summed E-state index contributed by atoms with van der Waals surface area (Å²) >= 11 is 5.43. The van der Waals surface area contributed by atoms with Gasteiger partial charge in [-0.1, -0.05) is 24.3 Å². The van der Waals surface area contributed by atoms with Crippen LogP contribution >= 0.6 is 11.6 Å². The molecule has 0 aliphatic heterocycles. The van der Waals surface area contributed by atoms with E-state index in [2.05, 4.69) is 5.32 Å². The van der Waals surface area contributed by atoms with Crippen molar-refractivity contribution in [3.8, 4) is 0 Å². The molecular formula is C15H15ClN2O. The molecule has 0 spiro atoms. The summed E-state index contributed by atoms with van der Waals surface area (Å²) in [5, 5.41) is 2.70. The molecule has 0 heterocycles. The van der Waals surface area contributed by atoms with E-state index < -0.39 is 0 Å². The van der Waals surface area contributed by atoms with E-state index >= 15 is 0 Å². The van der Waals surface area contributed by atoms with Gasteiger partial charge in [0.05, 0.1) is 0 Å². The molecule has 0 unspecified atom stereocenters. The number of amides is 1. The van der Waals surface area contributed by atoms with Gasteiger partial charge in [0.2, 0.25) is 5.91 Å². The minimum absolute atomic E-state index is 0.0345. The zero-order valence-electron chi connectivity index (χ0n) is 10.4. The van der Waals surface area contributed by atoms with Crippen LogP contribution in [0.4, 0.5) is 11.4 Å². The summed E-state index contributed by atoms with van der Waals surface area (Å²) in [5.41, 5.74) is 9.55. The first-order chi connectivity index (χ1) is 9.17. The number of rotatable bonds is 4. The van der Waals surface area contributed by atoms with Crippen molar-refractivity contribution < 1.29 is 4.79 Å². The van der Waals surface area contributed by atoms with Crippen molar-refractivity contribution in [2.24, 2.45) is 0 Å². The second kappa shape index (κ2) is 6.25. The lowest BCUT2D eigenvalue weighted by Gasteiger charge is -2.06. The molecular weight excluding hydrogens is 260 g/mol. The van der Waals surface area contributed by atoms with Crippen LogP contribution < -0.4 is 11.1 Å². The standard InChI is InChI=1S/C15H15ClN2O/c16-10-15(19)18-14-7-3-12(4-8-14)9-11-1-5-13(17)6-2-11/h1-8H,9-10,17H2,(H,18,19). The van der Waals surface area contributed by atoms with Crippen molar-refractivity contribution >= 4 is 28.9 Å². The molecule has 2 aromatic rings. The number of anilines is 2. The van der Waals surface area contributed by atoms with Crippen LogP contribution in [0.15, 0.2) is 48.5 Å². The number of nitrogens with one attached hydrogen (secondary N) is 1. The Bertz CT molecular complexity index is 549. The highest BCUT2D eigenvalue weighted by atomic mass is 35.5. The number of benzene rings is 2. The first-order valence-corrected chi connectivity index (χ1v) is 6.50. The number of alkyl halides is 1. The molecule has 0 radical (unpaired) electrons. The minimum Gasteiger partial charge on any atom is -0.399 e. The van der Waals surface area contributed by atoms with Gasteiger partial charge in [0.25, 0.3) is 0 Å². The second-order valence-corrected chi connectivity index (χ2v) is 4.56. The quantitative estimate of drug-likeness (QED) is 0.665. The fourth-order valence-electron chi connectivity index (χ4n) is 1.77. The van der Waals surface area contributed by atoms with Gasteiger partial charge >= 0.3 is 0 Å². The van der Waals surface area contributed by atoms with E-state index in [1.54, 1.807) is 0 Å². The highest BCUT2D eigenvalue weighted by molar-refractivity contribution is 6.29. The Morgan fingerprint density at radius 1 is 1.00 bits per heavy atom. The fraction of sp³-hybridized carbons (Fsp3) is 0.133. The summed E-state index contributed by atoms with van der Waals surface area (Å²) in [7, 11) is 0. The molecule has 0 aliphatic carbocycles. The molecule has 4 heteroatoms. The number of nitrogens with two attached hydrogens (primary N) is 1. The first-order valence-electron chi connectivity index (χ1n) is 5.96. The third-order valence-electron chi connectivity index (χ3n) is 2.75. The third kappa shape index (κ3) is 4.00. The summed E-state index contributed by atoms with van der Waals surface area (Å²) in [6.45, 7) is 0. The zero-order valence-corrected chi connectivity index (χ0v) is 11.2. The van der Waals surface area contributed by atoms with Gasteiger partial charge in [0.1, 0.15) is 5.88 Å². The average Bonchev–Trinajstić information content (AvgIpc) is 2.43. The molecule has 1 amide bonds. The van der Waals surface area contributed by atoms with E-state index in [0.717, 1.165) is 17.8 Å². The van der Waals surface area contributed by atoms with Crippen molar-refractivity contribution in [2.75, 3.05) is 16.9 Å². The molecule has 2 rings (SSSR count). The summed E-state index contributed by atoms with van der Waals surface area (Å²) < 4.78 is 0. The Kier molecular flexibility index (Phi) is 4.42. The highest BCUT2D eigenvalue weighted by Crippen LogP contribution is 2.14. The molecule has 0 aromatic heterocycles. The number of carbonyl (C=O) groups is 1. The Balaban J connectivity index is 2.02. The number of nitrogen functional groups attached to an aromatic ring is 1. The monoisotopic (exact) mass is 274 g/mol. The maximum Gasteiger partial charge on any atom is 0.239 e. The molecule has 3 nitrogen and oxygen atoms in total. The SMILES string of the molecule is Nc1ccc(Cc2ccc(NC(=O)CCl)cc2)cc1. The summed E-state index contributed by atoms with van der Waals surface area (Å²) in [5.74, 6) is -0.236. The highest BCUT2D eigenvalue weighted by Gasteiger charge is 2.00. The molecule has 2 aromatic carbocycles. The van der Waals surface area contributed by atoms with Crippen molar-refractivity contribution in [1.82, 2.24) is 0 Å². The van der Waals surface area contributed by atoms with Crippen LogP contribution in [0.2, 0.25) is 0 Å². The van der Waals surface area contributed by atoms with Crippen molar-refractivity contribution in [3.05, 3.63) is 59.7 Å². The Morgan fingerprint density at radius 3 is 2.05 bits per heavy atom. The number of hydrogen-bond donors (Lipinski definition) is 2. The lowest BCUT2D eigenvalue weighted by molar-refractivity contribution is -0.113. The normalized spacial score (nSPS) is 10.2. The lowest BCUT2D eigenvalue weighted by Crippen LogP contribution is -2.12. The van der Waals surface area contributed by atoms with E-state index in [9.17, 15) is 4.79 Å². The van der Waals surface area contributed by atoms with Crippen LogP contribution in [0, 0.1) is 0 Å². The van der Waals surface area contributed by atoms with Crippen molar-refractivity contribution in [2.45, 2.75) is 6.42 Å². The lowest BCUT2D eigenvalue weighted by atomic mass is 10.0. The van der Waals surface area contributed by atoms with Gasteiger partial charge in [0.15, 0.2) is 0 Å². The van der Waals surface area contributed by atoms with E-state index in [-0.39, 0.29) is 11.8 Å². The third-order valence-corrected chi connectivity index (χ3v) is 2.99. The van der Waals surface area contributed by atoms with Crippen LogP contribution in [0.5, 0.6) is 0 Å². The maximum absolute atomic E-state index is 11.1. The van der Waals surface area contributed by atoms with E-state index in [0.29, 0.717) is 0 Å². The van der Waals surface area contributed by atoms with Crippen LogP contribution in [-0.4, -0.2) is 11.8 Å². The average molecular weight is 275 g/mol. The first kappa shape index (κ1) is 13.4. The molecule has 0 fully saturated rings. The summed E-state index contributed by atoms with van der Waals surface area (Å²) in [6, 6.07) is 15.5. The summed E-state index contributed by atoms with van der Waals surface area (Å²) in [4.78, 5) is 11.1. The topological polar surface area (TPSA) is 55.1 Å². The Morgan fingerprint density at radius 2 is 1.53 bits per heavy atom. The van der Waals surface area contributed by atoms with Gasteiger partial charge in [-0.2, -0.15) is 0 Å². The molecule has 19 heavy (non-hydrogen) atoms. The molecule has 0 saturated carbocycles. The van der Waals surface area contributed by atoms with E-state index in [1.165, 1.54) is 11.1 Å². The molecule has 3 N–H and O–H groups in total. The second-order valence-electron chi connectivity index (χ2n) is 4.30. The molecule has 0 bridgehead atoms. The Hall–Kier alpha value is -2.00. The van der Waals surface area contributed by atoms with Gasteiger partial charge in [0, 0.05) is 11.4 Å². The van der Waals surface area contributed by atoms with Crippen LogP contribution in [0.1, 0.15) is 11.1 Å². The number of carbonyl (C=O) groups excluding carboxylic acids is 1. The number of hydrogen-bond acceptors (Lipinski definition) is 2. The fourth-order valence-corrected chi connectivity index (χ4v) is 1.84. The molecule has 0 aliphatic rings. The largest absolute Gasteiger partial charge is 0.399 e. The predicted molar refractivity (Wildman–Crippen MR) is 79.5 cm³/mol. The maximum atomic E-state index is 11.1. The Labute approximate surface area is 117 Å². The van der Waals surface area contributed by atoms with Crippen LogP contribution in [0.3, 0.4) is 0 Å². The van der Waals surface area contributed by atoms with Gasteiger partial charge in [-0.05, 0) is 41.8 Å². The van der Waals surface area contributed by atoms with Crippen molar-refractivity contribution in [3.63, 3.8) is 0 Å². The molecule has 0 atom stereocenters. The molecule has 0 saturated heterocycles. The predicted octanol–water partition coefficient (Wildman–Crippen LogP) is 3.04. The van der Waals surface area contributed by atoms with Gasteiger partial charge in [-0.3, -0.25) is 4.79 Å². The van der Waals surface area contributed by atoms with Crippen LogP contribution in [0.25, 0.3) is 0 Å². The molecule has 98 valence electrons. The van der Waals surface area contributed by atoms with Crippen LogP contribution in [-0.2, 0) is 11.2 Å². The zero-order chi connectivity index (χ0) is 13.7. The van der Waals surface area contributed by atoms with E-state index in [1.807, 2.05) is 48.5 Å². The van der Waals surface area contributed by atoms with E-state index in [4.69, 9.17) is 17.3 Å². The van der Waals surface area contributed by atoms with Gasteiger partial charge in [-0.15, -0.1) is 11.6 Å². The van der Waals surface area contributed by atoms with Gasteiger partial charge in [-0.25, -0.2) is 0 Å². The van der Waals surface area contributed by atoms with Crippen molar-refractivity contribution in [1.29, 1.82) is 0 Å².